The van der Waals surface area contributed by atoms with Crippen LogP contribution in [0.25, 0.3) is 0 Å². The van der Waals surface area contributed by atoms with Crippen molar-refractivity contribution in [2.45, 2.75) is 58.4 Å². The van der Waals surface area contributed by atoms with E-state index in [-0.39, 0.29) is 0 Å². The van der Waals surface area contributed by atoms with Gasteiger partial charge in [-0.15, -0.1) is 0 Å². The lowest BCUT2D eigenvalue weighted by Crippen LogP contribution is -2.28. The normalized spacial score (nSPS) is 23.3. The van der Waals surface area contributed by atoms with Gasteiger partial charge in [0.25, 0.3) is 0 Å². The highest BCUT2D eigenvalue weighted by molar-refractivity contribution is 5.50. The zero-order valence-corrected chi connectivity index (χ0v) is 12.7. The number of nitrogens with zero attached hydrogens (tertiary/aromatic N) is 2. The molecular weight excluding hydrogens is 246 g/mol. The predicted octanol–water partition coefficient (Wildman–Crippen LogP) is 3.05. The minimum absolute atomic E-state index is 0.613. The van der Waals surface area contributed by atoms with Crippen LogP contribution in [-0.2, 0) is 19.4 Å². The molecule has 0 saturated carbocycles. The van der Waals surface area contributed by atoms with Gasteiger partial charge < -0.3 is 10.6 Å². The third-order valence-corrected chi connectivity index (χ3v) is 4.89. The molecule has 2 N–H and O–H groups in total. The van der Waals surface area contributed by atoms with Crippen LogP contribution in [-0.4, -0.2) is 18.1 Å². The topological polar surface area (TPSA) is 42.2 Å². The molecule has 1 saturated heterocycles. The van der Waals surface area contributed by atoms with Gasteiger partial charge in [-0.25, -0.2) is 4.98 Å². The Bertz CT molecular complexity index is 470. The molecule has 2 heterocycles. The van der Waals surface area contributed by atoms with Gasteiger partial charge in [0.05, 0.1) is 0 Å². The third kappa shape index (κ3) is 2.83. The van der Waals surface area contributed by atoms with Crippen LogP contribution in [0.4, 0.5) is 5.82 Å². The lowest BCUT2D eigenvalue weighted by atomic mass is 9.94. The van der Waals surface area contributed by atoms with Gasteiger partial charge in [0.2, 0.25) is 0 Å². The molecular formula is C17H27N3. The molecule has 0 bridgehead atoms. The van der Waals surface area contributed by atoms with Gasteiger partial charge in [0.1, 0.15) is 5.82 Å². The molecule has 1 aromatic heterocycles. The molecule has 20 heavy (non-hydrogen) atoms. The Hall–Kier alpha value is -1.09. The maximum Gasteiger partial charge on any atom is 0.133 e. The summed E-state index contributed by atoms with van der Waals surface area (Å²) in [6, 6.07) is 2.34. The molecule has 110 valence electrons. The minimum Gasteiger partial charge on any atom is -0.356 e. The van der Waals surface area contributed by atoms with Crippen molar-refractivity contribution in [3.63, 3.8) is 0 Å². The van der Waals surface area contributed by atoms with E-state index in [2.05, 4.69) is 17.9 Å². The Labute approximate surface area is 122 Å². The molecule has 3 rings (SSSR count). The van der Waals surface area contributed by atoms with Gasteiger partial charge in [-0.1, -0.05) is 6.92 Å². The van der Waals surface area contributed by atoms with Crippen LogP contribution in [0.2, 0.25) is 0 Å². The molecule has 1 aliphatic heterocycles. The van der Waals surface area contributed by atoms with Gasteiger partial charge in [0.15, 0.2) is 0 Å². The van der Waals surface area contributed by atoms with Crippen molar-refractivity contribution in [1.29, 1.82) is 0 Å². The average Bonchev–Trinajstić information content (AvgIpc) is 2.70. The van der Waals surface area contributed by atoms with Crippen molar-refractivity contribution >= 4 is 5.82 Å². The fourth-order valence-electron chi connectivity index (χ4n) is 3.57. The summed E-state index contributed by atoms with van der Waals surface area (Å²) in [4.78, 5) is 7.51. The maximum atomic E-state index is 5.99. The lowest BCUT2D eigenvalue weighted by Gasteiger charge is -2.27. The first-order chi connectivity index (χ1) is 9.78. The van der Waals surface area contributed by atoms with Crippen molar-refractivity contribution in [1.82, 2.24) is 4.98 Å². The van der Waals surface area contributed by atoms with Gasteiger partial charge >= 0.3 is 0 Å². The molecule has 1 aromatic rings. The van der Waals surface area contributed by atoms with Crippen molar-refractivity contribution in [2.24, 2.45) is 11.7 Å². The summed E-state index contributed by atoms with van der Waals surface area (Å²) in [5.41, 5.74) is 10.0. The standard InChI is InChI=1S/C17H27N3/c1-13-5-4-9-20(10-8-13)17-15(12-18)11-14-6-2-3-7-16(14)19-17/h11,13H,2-10,12,18H2,1H3. The van der Waals surface area contributed by atoms with Crippen LogP contribution in [0.5, 0.6) is 0 Å². The average molecular weight is 273 g/mol. The van der Waals surface area contributed by atoms with Gasteiger partial charge in [-0.2, -0.15) is 0 Å². The first-order valence-electron chi connectivity index (χ1n) is 8.24. The van der Waals surface area contributed by atoms with Crippen LogP contribution in [0, 0.1) is 5.92 Å². The largest absolute Gasteiger partial charge is 0.356 e. The van der Waals surface area contributed by atoms with Gasteiger partial charge in [0, 0.05) is 30.9 Å². The Morgan fingerprint density at radius 2 is 2.05 bits per heavy atom. The van der Waals surface area contributed by atoms with E-state index in [9.17, 15) is 0 Å². The summed E-state index contributed by atoms with van der Waals surface area (Å²) in [6.07, 6.45) is 8.84. The maximum absolute atomic E-state index is 5.99. The van der Waals surface area contributed by atoms with Crippen molar-refractivity contribution in [2.75, 3.05) is 18.0 Å². The molecule has 0 spiro atoms. The quantitative estimate of drug-likeness (QED) is 0.900. The Morgan fingerprint density at radius 1 is 1.20 bits per heavy atom. The highest BCUT2D eigenvalue weighted by atomic mass is 15.2. The molecule has 1 atom stereocenters. The number of aromatic nitrogens is 1. The van der Waals surface area contributed by atoms with Crippen LogP contribution < -0.4 is 10.6 Å². The molecule has 1 unspecified atom stereocenters. The second-order valence-corrected chi connectivity index (χ2v) is 6.51. The zero-order valence-electron chi connectivity index (χ0n) is 12.7. The Kier molecular flexibility index (Phi) is 4.25. The van der Waals surface area contributed by atoms with Gasteiger partial charge in [-0.05, 0) is 62.5 Å². The second kappa shape index (κ2) is 6.13. The summed E-state index contributed by atoms with van der Waals surface area (Å²) >= 11 is 0. The van der Waals surface area contributed by atoms with E-state index in [1.807, 2.05) is 0 Å². The van der Waals surface area contributed by atoms with Crippen LogP contribution in [0.3, 0.4) is 0 Å². The monoisotopic (exact) mass is 273 g/mol. The highest BCUT2D eigenvalue weighted by Gasteiger charge is 2.20. The molecule has 0 amide bonds. The summed E-state index contributed by atoms with van der Waals surface area (Å²) in [5, 5.41) is 0. The number of nitrogens with two attached hydrogens (primary N) is 1. The van der Waals surface area contributed by atoms with Crippen molar-refractivity contribution in [3.8, 4) is 0 Å². The molecule has 0 radical (unpaired) electrons. The summed E-state index contributed by atoms with van der Waals surface area (Å²) in [5.74, 6) is 2.03. The zero-order chi connectivity index (χ0) is 13.9. The summed E-state index contributed by atoms with van der Waals surface area (Å²) in [6.45, 7) is 5.26. The van der Waals surface area contributed by atoms with Crippen LogP contribution in [0.1, 0.15) is 55.8 Å². The van der Waals surface area contributed by atoms with E-state index >= 15 is 0 Å². The van der Waals surface area contributed by atoms with E-state index < -0.39 is 0 Å². The van der Waals surface area contributed by atoms with Crippen molar-refractivity contribution in [3.05, 3.63) is 22.9 Å². The lowest BCUT2D eigenvalue weighted by molar-refractivity contribution is 0.521. The summed E-state index contributed by atoms with van der Waals surface area (Å²) < 4.78 is 0. The number of aryl methyl sites for hydroxylation is 2. The number of hydrogen-bond donors (Lipinski definition) is 1. The van der Waals surface area contributed by atoms with E-state index in [1.54, 1.807) is 0 Å². The van der Waals surface area contributed by atoms with E-state index in [4.69, 9.17) is 10.7 Å². The Balaban J connectivity index is 1.90. The number of anilines is 1. The van der Waals surface area contributed by atoms with Crippen LogP contribution in [0.15, 0.2) is 6.07 Å². The van der Waals surface area contributed by atoms with Crippen molar-refractivity contribution < 1.29 is 0 Å². The molecule has 3 heteroatoms. The second-order valence-electron chi connectivity index (χ2n) is 6.51. The third-order valence-electron chi connectivity index (χ3n) is 4.89. The van der Waals surface area contributed by atoms with E-state index in [0.717, 1.165) is 25.4 Å². The van der Waals surface area contributed by atoms with E-state index in [0.29, 0.717) is 6.54 Å². The SMILES string of the molecule is CC1CCCN(c2nc3c(cc2CN)CCCC3)CC1. The first kappa shape index (κ1) is 13.9. The molecule has 2 aliphatic rings. The predicted molar refractivity (Wildman–Crippen MR) is 84.0 cm³/mol. The minimum atomic E-state index is 0.613. The number of rotatable bonds is 2. The number of pyridine rings is 1. The molecule has 1 fully saturated rings. The first-order valence-corrected chi connectivity index (χ1v) is 8.24. The van der Waals surface area contributed by atoms with E-state index in [1.165, 1.54) is 61.2 Å². The fraction of sp³-hybridized carbons (Fsp3) is 0.706. The smallest absolute Gasteiger partial charge is 0.133 e. The highest BCUT2D eigenvalue weighted by Crippen LogP contribution is 2.28. The number of fused-ring (bicyclic) bond motifs is 1. The van der Waals surface area contributed by atoms with Crippen LogP contribution >= 0.6 is 0 Å². The number of hydrogen-bond acceptors (Lipinski definition) is 3. The summed E-state index contributed by atoms with van der Waals surface area (Å²) in [7, 11) is 0. The molecule has 0 aromatic carbocycles. The molecule has 1 aliphatic carbocycles. The fourth-order valence-corrected chi connectivity index (χ4v) is 3.57. The molecule has 3 nitrogen and oxygen atoms in total. The van der Waals surface area contributed by atoms with Gasteiger partial charge in [-0.3, -0.25) is 0 Å². The Morgan fingerprint density at radius 3 is 2.90 bits per heavy atom.